The number of H-pyrrole nitrogens is 1. The minimum atomic E-state index is -0.467. The first kappa shape index (κ1) is 27.8. The van der Waals surface area contributed by atoms with Crippen molar-refractivity contribution in [2.75, 3.05) is 65.6 Å². The van der Waals surface area contributed by atoms with Crippen molar-refractivity contribution in [1.82, 2.24) is 20.2 Å². The summed E-state index contributed by atoms with van der Waals surface area (Å²) in [5, 5.41) is 13.0. The summed E-state index contributed by atoms with van der Waals surface area (Å²) in [7, 11) is 4.57. The van der Waals surface area contributed by atoms with Gasteiger partial charge in [0.2, 0.25) is 0 Å². The van der Waals surface area contributed by atoms with E-state index in [4.69, 9.17) is 30.8 Å². The van der Waals surface area contributed by atoms with E-state index in [-0.39, 0.29) is 28.4 Å². The quantitative estimate of drug-likeness (QED) is 0.436. The van der Waals surface area contributed by atoms with Crippen LogP contribution in [-0.2, 0) is 14.2 Å². The Morgan fingerprint density at radius 3 is 2.76 bits per heavy atom. The van der Waals surface area contributed by atoms with Gasteiger partial charge in [-0.3, -0.25) is 9.79 Å². The van der Waals surface area contributed by atoms with Crippen molar-refractivity contribution in [2.45, 2.75) is 25.5 Å². The molecule has 0 aromatic carbocycles. The second-order valence-electron chi connectivity index (χ2n) is 8.87. The first-order valence-electron chi connectivity index (χ1n) is 12.1. The van der Waals surface area contributed by atoms with Gasteiger partial charge in [0, 0.05) is 46.1 Å². The van der Waals surface area contributed by atoms with Gasteiger partial charge in [-0.15, -0.1) is 0 Å². The summed E-state index contributed by atoms with van der Waals surface area (Å²) in [5.74, 6) is -0.212. The number of amides is 1. The Hall–Kier alpha value is -3.18. The highest BCUT2D eigenvalue weighted by molar-refractivity contribution is 7.17. The van der Waals surface area contributed by atoms with Crippen molar-refractivity contribution in [3.05, 3.63) is 32.5 Å². The van der Waals surface area contributed by atoms with Crippen LogP contribution in [0.2, 0.25) is 5.02 Å². The Morgan fingerprint density at radius 2 is 2.11 bits per heavy atom. The Balaban J connectivity index is 1.52. The smallest absolute Gasteiger partial charge is 0.350 e. The number of methoxy groups -OCH3 is 3. The number of carbonyl (C=O) groups excluding carboxylic acids is 2. The number of carbonyl (C=O) groups is 2. The van der Waals surface area contributed by atoms with Gasteiger partial charge < -0.3 is 34.3 Å². The summed E-state index contributed by atoms with van der Waals surface area (Å²) < 4.78 is 16.0. The van der Waals surface area contributed by atoms with Crippen LogP contribution in [0.3, 0.4) is 0 Å². The molecule has 0 radical (unpaired) electrons. The Morgan fingerprint density at radius 1 is 1.32 bits per heavy atom. The minimum absolute atomic E-state index is 0.105. The average molecular weight is 564 g/mol. The van der Waals surface area contributed by atoms with Crippen LogP contribution in [-0.4, -0.2) is 105 Å². The highest BCUT2D eigenvalue weighted by atomic mass is 35.5. The predicted octanol–water partition coefficient (Wildman–Crippen LogP) is 1.82. The number of hydrogen-bond acceptors (Lipinski definition) is 11. The van der Waals surface area contributed by atoms with E-state index in [0.717, 1.165) is 6.54 Å². The molecule has 0 saturated carbocycles. The summed E-state index contributed by atoms with van der Waals surface area (Å²) >= 11 is 7.49. The Kier molecular flexibility index (Phi) is 8.88. The number of esters is 1. The molecule has 204 valence electrons. The first-order valence-corrected chi connectivity index (χ1v) is 13.3. The maximum absolute atomic E-state index is 12.9. The zero-order chi connectivity index (χ0) is 27.4. The fourth-order valence-electron chi connectivity index (χ4n) is 4.57. The highest BCUT2D eigenvalue weighted by Gasteiger charge is 2.35. The lowest BCUT2D eigenvalue weighted by Crippen LogP contribution is -2.55. The van der Waals surface area contributed by atoms with Gasteiger partial charge >= 0.3 is 5.97 Å². The van der Waals surface area contributed by atoms with Crippen molar-refractivity contribution in [1.29, 1.82) is 5.26 Å². The molecule has 2 atom stereocenters. The molecule has 0 aliphatic carbocycles. The summed E-state index contributed by atoms with van der Waals surface area (Å²) in [6, 6.07) is 1.71. The predicted molar refractivity (Wildman–Crippen MR) is 142 cm³/mol. The molecule has 0 unspecified atom stereocenters. The number of amidine groups is 1. The van der Waals surface area contributed by atoms with E-state index in [1.165, 1.54) is 18.4 Å². The molecular formula is C24H30ClN7O5S. The number of aromatic nitrogens is 2. The third-order valence-corrected chi connectivity index (χ3v) is 8.08. The van der Waals surface area contributed by atoms with Gasteiger partial charge in [0.15, 0.2) is 11.0 Å². The number of hydrogen-bond donors (Lipinski definition) is 2. The molecule has 1 amide bonds. The molecule has 2 aromatic rings. The number of halogens is 1. The molecule has 0 spiro atoms. The molecule has 2 aromatic heterocycles. The first-order chi connectivity index (χ1) is 18.3. The van der Waals surface area contributed by atoms with Gasteiger partial charge in [-0.05, 0) is 13.3 Å². The minimum Gasteiger partial charge on any atom is -0.465 e. The second kappa shape index (κ2) is 12.1. The number of aryl methyl sites for hydroxylation is 1. The number of nitrogens with zero attached hydrogens (tertiary/aromatic N) is 5. The number of anilines is 1. The number of ether oxygens (including phenoxy) is 3. The van der Waals surface area contributed by atoms with E-state index >= 15 is 0 Å². The van der Waals surface area contributed by atoms with Gasteiger partial charge in [0.1, 0.15) is 22.3 Å². The van der Waals surface area contributed by atoms with Gasteiger partial charge in [-0.25, -0.2) is 9.78 Å². The normalized spacial score (nSPS) is 19.3. The summed E-state index contributed by atoms with van der Waals surface area (Å²) in [6.45, 7) is 5.21. The van der Waals surface area contributed by atoms with Gasteiger partial charge in [-0.2, -0.15) is 5.26 Å². The lowest BCUT2D eigenvalue weighted by molar-refractivity contribution is 0.0540. The van der Waals surface area contributed by atoms with E-state index in [1.807, 2.05) is 11.0 Å². The topological polar surface area (TPSA) is 145 Å². The van der Waals surface area contributed by atoms with Crippen molar-refractivity contribution in [3.63, 3.8) is 0 Å². The molecule has 0 bridgehead atoms. The summed E-state index contributed by atoms with van der Waals surface area (Å²) in [6.07, 6.45) is 0.213. The number of nitrogens with one attached hydrogen (secondary N) is 2. The molecule has 14 heteroatoms. The van der Waals surface area contributed by atoms with Crippen LogP contribution < -0.4 is 10.2 Å². The van der Waals surface area contributed by atoms with Crippen molar-refractivity contribution in [3.8, 4) is 6.07 Å². The molecule has 12 nitrogen and oxygen atoms in total. The third-order valence-electron chi connectivity index (χ3n) is 6.61. The lowest BCUT2D eigenvalue weighted by atomic mass is 10.0. The average Bonchev–Trinajstić information content (AvgIpc) is 3.64. The van der Waals surface area contributed by atoms with Gasteiger partial charge in [0.25, 0.3) is 5.91 Å². The maximum atomic E-state index is 12.9. The van der Waals surface area contributed by atoms with Crippen molar-refractivity contribution in [2.24, 2.45) is 4.99 Å². The largest absolute Gasteiger partial charge is 0.465 e. The number of rotatable bonds is 9. The van der Waals surface area contributed by atoms with Crippen LogP contribution in [0, 0.1) is 18.3 Å². The maximum Gasteiger partial charge on any atom is 0.350 e. The van der Waals surface area contributed by atoms with Crippen LogP contribution >= 0.6 is 22.9 Å². The molecule has 2 aliphatic heterocycles. The van der Waals surface area contributed by atoms with E-state index in [0.29, 0.717) is 66.4 Å². The summed E-state index contributed by atoms with van der Waals surface area (Å²) in [5.41, 5.74) is 1.44. The number of nitriles is 1. The van der Waals surface area contributed by atoms with E-state index in [2.05, 4.69) is 20.2 Å². The van der Waals surface area contributed by atoms with Crippen LogP contribution in [0.15, 0.2) is 4.99 Å². The van der Waals surface area contributed by atoms with E-state index < -0.39 is 11.9 Å². The molecule has 4 heterocycles. The van der Waals surface area contributed by atoms with Crippen LogP contribution in [0.5, 0.6) is 0 Å². The molecule has 38 heavy (non-hydrogen) atoms. The van der Waals surface area contributed by atoms with Crippen LogP contribution in [0.25, 0.3) is 0 Å². The number of aromatic amines is 1. The van der Waals surface area contributed by atoms with E-state index in [1.54, 1.807) is 21.1 Å². The second-order valence-corrected chi connectivity index (χ2v) is 10.2. The van der Waals surface area contributed by atoms with Crippen molar-refractivity contribution < 1.29 is 23.8 Å². The monoisotopic (exact) mass is 563 g/mol. The van der Waals surface area contributed by atoms with Crippen LogP contribution in [0.1, 0.15) is 43.5 Å². The van der Waals surface area contributed by atoms with E-state index in [9.17, 15) is 14.9 Å². The zero-order valence-corrected chi connectivity index (χ0v) is 23.2. The van der Waals surface area contributed by atoms with Crippen molar-refractivity contribution >= 4 is 45.8 Å². The van der Waals surface area contributed by atoms with Gasteiger partial charge in [-0.1, -0.05) is 22.9 Å². The fourth-order valence-corrected chi connectivity index (χ4v) is 5.90. The third kappa shape index (κ3) is 5.49. The zero-order valence-electron chi connectivity index (χ0n) is 21.7. The molecule has 2 aliphatic rings. The molecule has 1 saturated heterocycles. The number of aliphatic imine (C=N–C) groups is 1. The lowest BCUT2D eigenvalue weighted by Gasteiger charge is -2.37. The standard InChI is InChI=1S/C24H30ClN7O5S/c1-13-14(11-26)17(25)18(28-13)22(33)29-15-5-7-32(12-16(15)36-3)24-30-19(20(38-24)23(34)37-4)21-27-6-8-31(21)9-10-35-2/h15-16,28H,5-10,12H2,1-4H3,(H,29,33)/t15-,16+/m1/s1. The SMILES string of the molecule is COCCN1CCN=C1c1nc(N2CC[C@@H](NC(=O)c3[nH]c(C)c(C#N)c3Cl)[C@@H](OC)C2)sc1C(=O)OC. The van der Waals surface area contributed by atoms with Gasteiger partial charge in [0.05, 0.1) is 43.0 Å². The number of piperidine rings is 1. The Bertz CT molecular complexity index is 1270. The van der Waals surface area contributed by atoms with Crippen LogP contribution in [0.4, 0.5) is 5.13 Å². The molecule has 1 fully saturated rings. The molecular weight excluding hydrogens is 534 g/mol. The summed E-state index contributed by atoms with van der Waals surface area (Å²) in [4.78, 5) is 42.4. The highest BCUT2D eigenvalue weighted by Crippen LogP contribution is 2.32. The number of thiazole rings is 1. The molecule has 4 rings (SSSR count). The molecule has 2 N–H and O–H groups in total. The fraction of sp³-hybridized carbons (Fsp3) is 0.542. The Labute approximate surface area is 229 Å².